The van der Waals surface area contributed by atoms with Crippen LogP contribution < -0.4 is 19.9 Å². The second kappa shape index (κ2) is 12.4. The lowest BCUT2D eigenvalue weighted by Crippen LogP contribution is -2.46. The summed E-state index contributed by atoms with van der Waals surface area (Å²) in [4.78, 5) is 19.7. The third kappa shape index (κ3) is 6.26. The van der Waals surface area contributed by atoms with Crippen LogP contribution in [0.25, 0.3) is 22.3 Å². The molecule has 0 unspecified atom stereocenters. The van der Waals surface area contributed by atoms with Gasteiger partial charge in [-0.05, 0) is 57.0 Å². The molecule has 1 aromatic carbocycles. The Morgan fingerprint density at radius 2 is 1.72 bits per heavy atom. The average Bonchev–Trinajstić information content (AvgIpc) is 2.96. The fourth-order valence-corrected chi connectivity index (χ4v) is 5.55. The molecule has 9 heteroatoms. The van der Waals surface area contributed by atoms with Gasteiger partial charge < -0.3 is 29.3 Å². The van der Waals surface area contributed by atoms with E-state index in [9.17, 15) is 0 Å². The minimum absolute atomic E-state index is 0.116. The van der Waals surface area contributed by atoms with Crippen LogP contribution in [0.5, 0.6) is 5.75 Å². The molecule has 0 aliphatic carbocycles. The van der Waals surface area contributed by atoms with Crippen LogP contribution in [0.4, 0.5) is 11.8 Å². The minimum atomic E-state index is 0.116. The Kier molecular flexibility index (Phi) is 8.79. The van der Waals surface area contributed by atoms with Crippen molar-refractivity contribution < 1.29 is 14.2 Å². The normalized spacial score (nSPS) is 20.2. The molecule has 3 aromatic rings. The second-order valence-electron chi connectivity index (χ2n) is 10.6. The minimum Gasteiger partial charge on any atom is -0.496 e. The van der Waals surface area contributed by atoms with E-state index in [1.807, 2.05) is 6.07 Å². The molecule has 0 radical (unpaired) electrons. The summed E-state index contributed by atoms with van der Waals surface area (Å²) in [6.07, 6.45) is 2.42. The molecule has 0 amide bonds. The Hall–Kier alpha value is -3.01. The van der Waals surface area contributed by atoms with Crippen molar-refractivity contribution in [3.63, 3.8) is 0 Å². The van der Waals surface area contributed by atoms with Crippen LogP contribution in [0.15, 0.2) is 30.3 Å². The largest absolute Gasteiger partial charge is 0.496 e. The highest BCUT2D eigenvalue weighted by atomic mass is 16.5. The van der Waals surface area contributed by atoms with Crippen LogP contribution >= 0.6 is 0 Å². The third-order valence-electron chi connectivity index (χ3n) is 7.68. The van der Waals surface area contributed by atoms with E-state index in [2.05, 4.69) is 67.1 Å². The zero-order chi connectivity index (χ0) is 27.4. The number of nitrogens with zero attached hydrogens (tertiary/aromatic N) is 5. The van der Waals surface area contributed by atoms with Crippen molar-refractivity contribution in [3.05, 3.63) is 35.9 Å². The van der Waals surface area contributed by atoms with E-state index in [4.69, 9.17) is 29.2 Å². The molecule has 2 saturated heterocycles. The zero-order valence-electron chi connectivity index (χ0n) is 23.9. The van der Waals surface area contributed by atoms with Gasteiger partial charge in [0.15, 0.2) is 5.65 Å². The summed E-state index contributed by atoms with van der Waals surface area (Å²) < 4.78 is 17.3. The highest BCUT2D eigenvalue weighted by Crippen LogP contribution is 2.31. The fraction of sp³-hybridized carbons (Fsp3) is 0.567. The lowest BCUT2D eigenvalue weighted by molar-refractivity contribution is -0.00570. The number of anilines is 2. The molecule has 1 N–H and O–H groups in total. The van der Waals surface area contributed by atoms with Gasteiger partial charge in [0, 0.05) is 49.9 Å². The Bertz CT molecular complexity index is 1250. The Morgan fingerprint density at radius 1 is 0.974 bits per heavy atom. The summed E-state index contributed by atoms with van der Waals surface area (Å²) in [6, 6.07) is 11.0. The number of hydrogen-bond donors (Lipinski definition) is 1. The molecule has 2 atom stereocenters. The van der Waals surface area contributed by atoms with Crippen LogP contribution in [0.1, 0.15) is 46.1 Å². The fourth-order valence-electron chi connectivity index (χ4n) is 5.55. The summed E-state index contributed by atoms with van der Waals surface area (Å²) in [7, 11) is 1.73. The average molecular weight is 535 g/mol. The van der Waals surface area contributed by atoms with Crippen LogP contribution in [-0.4, -0.2) is 79.7 Å². The number of morpholine rings is 2. The van der Waals surface area contributed by atoms with Crippen LogP contribution in [0.2, 0.25) is 0 Å². The van der Waals surface area contributed by atoms with E-state index in [0.29, 0.717) is 30.9 Å². The summed E-state index contributed by atoms with van der Waals surface area (Å²) in [6.45, 7) is 13.9. The number of nitrogens with one attached hydrogen (secondary N) is 1. The summed E-state index contributed by atoms with van der Waals surface area (Å²) in [5, 5.41) is 4.62. The van der Waals surface area contributed by atoms with Gasteiger partial charge in [0.25, 0.3) is 0 Å². The third-order valence-corrected chi connectivity index (χ3v) is 7.68. The molecule has 0 saturated carbocycles. The van der Waals surface area contributed by atoms with E-state index in [1.165, 1.54) is 0 Å². The Balaban J connectivity index is 1.54. The quantitative estimate of drug-likeness (QED) is 0.429. The first-order valence-corrected chi connectivity index (χ1v) is 14.3. The van der Waals surface area contributed by atoms with Crippen molar-refractivity contribution in [2.75, 3.05) is 56.3 Å². The molecule has 2 aliphatic heterocycles. The lowest BCUT2D eigenvalue weighted by Gasteiger charge is -2.36. The molecule has 2 aromatic heterocycles. The summed E-state index contributed by atoms with van der Waals surface area (Å²) in [5.74, 6) is 2.52. The molecular weight excluding hydrogens is 492 g/mol. The van der Waals surface area contributed by atoms with Crippen molar-refractivity contribution >= 4 is 22.8 Å². The maximum absolute atomic E-state index is 5.97. The van der Waals surface area contributed by atoms with Gasteiger partial charge in [-0.15, -0.1) is 0 Å². The zero-order valence-corrected chi connectivity index (χ0v) is 23.9. The van der Waals surface area contributed by atoms with Gasteiger partial charge in [-0.1, -0.05) is 13.8 Å². The van der Waals surface area contributed by atoms with Crippen molar-refractivity contribution in [3.8, 4) is 17.0 Å². The number of rotatable bonds is 9. The first-order chi connectivity index (χ1) is 19.0. The van der Waals surface area contributed by atoms with Crippen LogP contribution in [0.3, 0.4) is 0 Å². The topological polar surface area (TPSA) is 84.9 Å². The van der Waals surface area contributed by atoms with Crippen molar-refractivity contribution in [2.45, 2.75) is 65.3 Å². The molecular formula is C30H42N6O3. The molecule has 9 nitrogen and oxygen atoms in total. The highest BCUT2D eigenvalue weighted by Gasteiger charge is 2.27. The van der Waals surface area contributed by atoms with Crippen LogP contribution in [-0.2, 0) is 16.0 Å². The van der Waals surface area contributed by atoms with E-state index in [1.54, 1.807) is 7.11 Å². The lowest BCUT2D eigenvalue weighted by atomic mass is 10.0. The predicted octanol–water partition coefficient (Wildman–Crippen LogP) is 4.43. The van der Waals surface area contributed by atoms with E-state index < -0.39 is 0 Å². The molecule has 2 fully saturated rings. The maximum Gasteiger partial charge on any atom is 0.229 e. The first kappa shape index (κ1) is 27.6. The summed E-state index contributed by atoms with van der Waals surface area (Å²) >= 11 is 0. The molecule has 39 heavy (non-hydrogen) atoms. The van der Waals surface area contributed by atoms with Crippen LogP contribution in [0, 0.1) is 0 Å². The van der Waals surface area contributed by atoms with Gasteiger partial charge >= 0.3 is 0 Å². The number of fused-ring (bicyclic) bond motifs is 1. The molecule has 0 bridgehead atoms. The Morgan fingerprint density at radius 3 is 2.41 bits per heavy atom. The number of aromatic nitrogens is 3. The summed E-state index contributed by atoms with van der Waals surface area (Å²) in [5.41, 5.74) is 3.76. The molecule has 2 aliphatic rings. The SMILES string of the molecule is CCC(CC)NCc1cc(-c2ccc3c(N4CCOCC4)nc(N4C[C@@H](C)O[C@@H](C)C4)nc3n2)ccc1OC. The number of ether oxygens (including phenoxy) is 3. The van der Waals surface area contributed by atoms with Gasteiger partial charge in [-0.25, -0.2) is 4.98 Å². The van der Waals surface area contributed by atoms with Gasteiger partial charge in [0.1, 0.15) is 11.6 Å². The molecule has 0 spiro atoms. The second-order valence-corrected chi connectivity index (χ2v) is 10.6. The molecule has 4 heterocycles. The van der Waals surface area contributed by atoms with E-state index >= 15 is 0 Å². The van der Waals surface area contributed by atoms with Gasteiger partial charge in [0.2, 0.25) is 5.95 Å². The van der Waals surface area contributed by atoms with E-state index in [-0.39, 0.29) is 12.2 Å². The number of benzene rings is 1. The first-order valence-electron chi connectivity index (χ1n) is 14.3. The molecule has 5 rings (SSSR count). The van der Waals surface area contributed by atoms with Gasteiger partial charge in [-0.2, -0.15) is 9.97 Å². The number of hydrogen-bond acceptors (Lipinski definition) is 9. The van der Waals surface area contributed by atoms with Gasteiger partial charge in [0.05, 0.1) is 43.6 Å². The maximum atomic E-state index is 5.97. The standard InChI is InChI=1S/C30H42N6O3/c1-6-24(7-2)31-17-23-16-22(8-11-27(23)37-5)26-10-9-25-28(32-26)33-30(36-18-20(3)39-21(4)19-36)34-29(25)35-12-14-38-15-13-35/h8-11,16,20-21,24,31H,6-7,12-15,17-19H2,1-5H3/t20-,21+. The van der Waals surface area contributed by atoms with Crippen molar-refractivity contribution in [2.24, 2.45) is 0 Å². The van der Waals surface area contributed by atoms with Crippen molar-refractivity contribution in [1.29, 1.82) is 0 Å². The van der Waals surface area contributed by atoms with Gasteiger partial charge in [-0.3, -0.25) is 0 Å². The number of pyridine rings is 1. The highest BCUT2D eigenvalue weighted by molar-refractivity contribution is 5.90. The number of methoxy groups -OCH3 is 1. The van der Waals surface area contributed by atoms with E-state index in [0.717, 1.165) is 79.3 Å². The smallest absolute Gasteiger partial charge is 0.229 e. The monoisotopic (exact) mass is 534 g/mol. The molecule has 210 valence electrons. The predicted molar refractivity (Wildman–Crippen MR) is 156 cm³/mol. The van der Waals surface area contributed by atoms with Crippen molar-refractivity contribution in [1.82, 2.24) is 20.3 Å². The Labute approximate surface area is 231 Å².